The number of hydrogen-bond acceptors (Lipinski definition) is 5. The molecule has 2 unspecified atom stereocenters. The van der Waals surface area contributed by atoms with Crippen molar-refractivity contribution < 1.29 is 13.2 Å². The quantitative estimate of drug-likeness (QED) is 0.722. The fourth-order valence-corrected chi connectivity index (χ4v) is 5.14. The molecule has 2 heterocycles. The SMILES string of the molecule is CN(CC(=O)NC1(C)CCS(=O)(=O)C1)C1CCCNC1. The molecule has 0 aromatic rings. The van der Waals surface area contributed by atoms with Crippen LogP contribution in [0.3, 0.4) is 0 Å². The van der Waals surface area contributed by atoms with Gasteiger partial charge in [0.2, 0.25) is 5.91 Å². The van der Waals surface area contributed by atoms with E-state index >= 15 is 0 Å². The molecule has 0 saturated carbocycles. The molecule has 2 aliphatic heterocycles. The van der Waals surface area contributed by atoms with E-state index in [2.05, 4.69) is 10.6 Å². The van der Waals surface area contributed by atoms with Crippen molar-refractivity contribution in [2.45, 2.75) is 37.8 Å². The van der Waals surface area contributed by atoms with Crippen LogP contribution in [0.25, 0.3) is 0 Å². The summed E-state index contributed by atoms with van der Waals surface area (Å²) >= 11 is 0. The third-order valence-corrected chi connectivity index (χ3v) is 6.13. The van der Waals surface area contributed by atoms with Crippen LogP contribution in [0.4, 0.5) is 0 Å². The first-order valence-corrected chi connectivity index (χ1v) is 9.04. The van der Waals surface area contributed by atoms with Crippen LogP contribution in [0.1, 0.15) is 26.2 Å². The van der Waals surface area contributed by atoms with Crippen molar-refractivity contribution >= 4 is 15.7 Å². The number of nitrogens with one attached hydrogen (secondary N) is 2. The molecule has 0 aliphatic carbocycles. The Hall–Kier alpha value is -0.660. The smallest absolute Gasteiger partial charge is 0.234 e. The normalized spacial score (nSPS) is 33.2. The highest BCUT2D eigenvalue weighted by atomic mass is 32.2. The average Bonchev–Trinajstić information content (AvgIpc) is 2.64. The average molecular weight is 303 g/mol. The molecule has 2 N–H and O–H groups in total. The first-order valence-electron chi connectivity index (χ1n) is 7.22. The third kappa shape index (κ3) is 4.17. The summed E-state index contributed by atoms with van der Waals surface area (Å²) in [7, 11) is -1.04. The minimum Gasteiger partial charge on any atom is -0.349 e. The van der Waals surface area contributed by atoms with Gasteiger partial charge in [0.05, 0.1) is 23.6 Å². The van der Waals surface area contributed by atoms with Gasteiger partial charge in [0.15, 0.2) is 9.84 Å². The molecule has 20 heavy (non-hydrogen) atoms. The van der Waals surface area contributed by atoms with Crippen LogP contribution in [0.15, 0.2) is 0 Å². The van der Waals surface area contributed by atoms with Gasteiger partial charge in [0, 0.05) is 12.6 Å². The second-order valence-electron chi connectivity index (χ2n) is 6.37. The number of amides is 1. The van der Waals surface area contributed by atoms with Crippen LogP contribution in [0, 0.1) is 0 Å². The number of sulfone groups is 1. The van der Waals surface area contributed by atoms with E-state index in [0.29, 0.717) is 19.0 Å². The highest BCUT2D eigenvalue weighted by Crippen LogP contribution is 2.22. The number of piperidine rings is 1. The lowest BCUT2D eigenvalue weighted by Gasteiger charge is -2.32. The van der Waals surface area contributed by atoms with E-state index in [0.717, 1.165) is 25.9 Å². The van der Waals surface area contributed by atoms with Crippen molar-refractivity contribution in [3.63, 3.8) is 0 Å². The van der Waals surface area contributed by atoms with Crippen molar-refractivity contribution in [3.8, 4) is 0 Å². The Labute approximate surface area is 121 Å². The lowest BCUT2D eigenvalue weighted by atomic mass is 10.0. The molecule has 0 aromatic heterocycles. The van der Waals surface area contributed by atoms with Gasteiger partial charge < -0.3 is 10.6 Å². The fourth-order valence-electron chi connectivity index (χ4n) is 3.05. The first-order chi connectivity index (χ1) is 9.30. The van der Waals surface area contributed by atoms with Gasteiger partial charge in [0.25, 0.3) is 0 Å². The number of hydrogen-bond donors (Lipinski definition) is 2. The molecular formula is C13H25N3O3S. The summed E-state index contributed by atoms with van der Waals surface area (Å²) < 4.78 is 23.1. The molecule has 2 aliphatic rings. The van der Waals surface area contributed by atoms with Crippen LogP contribution in [-0.2, 0) is 14.6 Å². The molecule has 2 fully saturated rings. The van der Waals surface area contributed by atoms with E-state index in [4.69, 9.17) is 0 Å². The second-order valence-corrected chi connectivity index (χ2v) is 8.55. The largest absolute Gasteiger partial charge is 0.349 e. The second kappa shape index (κ2) is 5.99. The van der Waals surface area contributed by atoms with Gasteiger partial charge in [-0.05, 0) is 39.8 Å². The van der Waals surface area contributed by atoms with Crippen molar-refractivity contribution in [1.82, 2.24) is 15.5 Å². The van der Waals surface area contributed by atoms with Crippen LogP contribution in [-0.4, -0.2) is 69.0 Å². The Balaban J connectivity index is 1.83. The molecule has 7 heteroatoms. The molecule has 0 bridgehead atoms. The van der Waals surface area contributed by atoms with Gasteiger partial charge in [-0.1, -0.05) is 0 Å². The third-order valence-electron chi connectivity index (χ3n) is 4.23. The molecule has 2 atom stereocenters. The Morgan fingerprint density at radius 2 is 2.25 bits per heavy atom. The van der Waals surface area contributed by atoms with E-state index in [9.17, 15) is 13.2 Å². The van der Waals surface area contributed by atoms with Crippen molar-refractivity contribution in [2.24, 2.45) is 0 Å². The lowest BCUT2D eigenvalue weighted by molar-refractivity contribution is -0.124. The van der Waals surface area contributed by atoms with Crippen molar-refractivity contribution in [3.05, 3.63) is 0 Å². The van der Waals surface area contributed by atoms with Gasteiger partial charge >= 0.3 is 0 Å². The molecular weight excluding hydrogens is 278 g/mol. The van der Waals surface area contributed by atoms with Crippen LogP contribution >= 0.6 is 0 Å². The minimum atomic E-state index is -2.99. The highest BCUT2D eigenvalue weighted by Gasteiger charge is 2.39. The van der Waals surface area contributed by atoms with Crippen LogP contribution in [0.2, 0.25) is 0 Å². The van der Waals surface area contributed by atoms with Gasteiger partial charge in [-0.2, -0.15) is 0 Å². The van der Waals surface area contributed by atoms with Gasteiger partial charge in [-0.25, -0.2) is 8.42 Å². The molecule has 0 aromatic carbocycles. The van der Waals surface area contributed by atoms with Gasteiger partial charge in [0.1, 0.15) is 0 Å². The molecule has 0 radical (unpaired) electrons. The predicted octanol–water partition coefficient (Wildman–Crippen LogP) is -0.636. The fraction of sp³-hybridized carbons (Fsp3) is 0.923. The summed E-state index contributed by atoms with van der Waals surface area (Å²) in [4.78, 5) is 14.2. The predicted molar refractivity (Wildman–Crippen MR) is 78.3 cm³/mol. The zero-order chi connectivity index (χ0) is 14.8. The number of carbonyl (C=O) groups excluding carboxylic acids is 1. The number of carbonyl (C=O) groups is 1. The number of rotatable bonds is 4. The number of likely N-dealkylation sites (N-methyl/N-ethyl adjacent to an activating group) is 1. The summed E-state index contributed by atoms with van der Waals surface area (Å²) in [6, 6.07) is 0.384. The number of nitrogens with zero attached hydrogens (tertiary/aromatic N) is 1. The molecule has 0 spiro atoms. The molecule has 1 amide bonds. The van der Waals surface area contributed by atoms with Crippen LogP contribution < -0.4 is 10.6 Å². The molecule has 116 valence electrons. The zero-order valence-electron chi connectivity index (χ0n) is 12.3. The summed E-state index contributed by atoms with van der Waals surface area (Å²) in [6.45, 7) is 4.10. The maximum atomic E-state index is 12.1. The van der Waals surface area contributed by atoms with Gasteiger partial charge in [-0.3, -0.25) is 9.69 Å². The Kier molecular flexibility index (Phi) is 4.71. The van der Waals surface area contributed by atoms with E-state index in [-0.39, 0.29) is 17.4 Å². The molecule has 2 saturated heterocycles. The van der Waals surface area contributed by atoms with Crippen LogP contribution in [0.5, 0.6) is 0 Å². The van der Waals surface area contributed by atoms with E-state index in [1.54, 1.807) is 0 Å². The summed E-state index contributed by atoms with van der Waals surface area (Å²) in [6.07, 6.45) is 2.74. The summed E-state index contributed by atoms with van der Waals surface area (Å²) in [5.41, 5.74) is -0.596. The van der Waals surface area contributed by atoms with E-state index in [1.807, 2.05) is 18.9 Å². The summed E-state index contributed by atoms with van der Waals surface area (Å²) in [5, 5.41) is 6.23. The lowest BCUT2D eigenvalue weighted by Crippen LogP contribution is -2.52. The van der Waals surface area contributed by atoms with Crippen molar-refractivity contribution in [2.75, 3.05) is 38.2 Å². The Bertz CT molecular complexity index is 459. The maximum Gasteiger partial charge on any atom is 0.234 e. The first kappa shape index (κ1) is 15.7. The highest BCUT2D eigenvalue weighted by molar-refractivity contribution is 7.91. The van der Waals surface area contributed by atoms with E-state index < -0.39 is 15.4 Å². The molecule has 2 rings (SSSR count). The monoisotopic (exact) mass is 303 g/mol. The van der Waals surface area contributed by atoms with Crippen molar-refractivity contribution in [1.29, 1.82) is 0 Å². The Morgan fingerprint density at radius 3 is 2.80 bits per heavy atom. The maximum absolute atomic E-state index is 12.1. The zero-order valence-corrected chi connectivity index (χ0v) is 13.1. The standard InChI is InChI=1S/C13H25N3O3S/c1-13(5-7-20(18,19)10-13)15-12(17)9-16(2)11-4-3-6-14-8-11/h11,14H,3-10H2,1-2H3,(H,15,17). The topological polar surface area (TPSA) is 78.5 Å². The minimum absolute atomic E-state index is 0.0560. The van der Waals surface area contributed by atoms with Gasteiger partial charge in [-0.15, -0.1) is 0 Å². The Morgan fingerprint density at radius 1 is 1.50 bits per heavy atom. The summed E-state index contributed by atoms with van der Waals surface area (Å²) in [5.74, 6) is 0.143. The van der Waals surface area contributed by atoms with E-state index in [1.165, 1.54) is 0 Å². The molecule has 6 nitrogen and oxygen atoms in total.